The van der Waals surface area contributed by atoms with E-state index in [1.807, 2.05) is 6.92 Å². The van der Waals surface area contributed by atoms with Gasteiger partial charge in [0.1, 0.15) is 5.54 Å². The summed E-state index contributed by atoms with van der Waals surface area (Å²) in [4.78, 5) is 24.4. The lowest BCUT2D eigenvalue weighted by Crippen LogP contribution is -2.54. The van der Waals surface area contributed by atoms with E-state index in [0.717, 1.165) is 32.1 Å². The Hall–Kier alpha value is -0.810. The molecule has 0 heterocycles. The third-order valence-electron chi connectivity index (χ3n) is 4.68. The average Bonchev–Trinajstić information content (AvgIpc) is 2.47. The maximum atomic E-state index is 12.4. The van der Waals surface area contributed by atoms with E-state index < -0.39 is 5.54 Å². The lowest BCUT2D eigenvalue weighted by Gasteiger charge is -2.37. The first kappa shape index (κ1) is 21.2. The van der Waals surface area contributed by atoms with Gasteiger partial charge in [-0.25, -0.2) is 4.79 Å². The minimum absolute atomic E-state index is 0. The largest absolute Gasteiger partial charge is 0.467 e. The average molecular weight is 335 g/mol. The molecule has 1 aliphatic carbocycles. The number of methoxy groups -OCH3 is 1. The van der Waals surface area contributed by atoms with Gasteiger partial charge in [0.25, 0.3) is 0 Å². The van der Waals surface area contributed by atoms with Crippen LogP contribution in [0.3, 0.4) is 0 Å². The normalized spacial score (nSPS) is 19.5. The summed E-state index contributed by atoms with van der Waals surface area (Å²) in [6.07, 6.45) is 7.26. The zero-order chi connectivity index (χ0) is 15.9. The van der Waals surface area contributed by atoms with E-state index in [2.05, 4.69) is 5.32 Å². The highest BCUT2D eigenvalue weighted by atomic mass is 35.5. The van der Waals surface area contributed by atoms with Crippen LogP contribution in [0, 0.1) is 5.41 Å². The van der Waals surface area contributed by atoms with Crippen LogP contribution < -0.4 is 11.1 Å². The molecular formula is C16H31ClN2O3. The topological polar surface area (TPSA) is 81.4 Å². The zero-order valence-corrected chi connectivity index (χ0v) is 14.9. The third-order valence-corrected chi connectivity index (χ3v) is 4.68. The first-order valence-electron chi connectivity index (χ1n) is 8.01. The van der Waals surface area contributed by atoms with Gasteiger partial charge in [-0.15, -0.1) is 12.4 Å². The molecule has 0 aromatic heterocycles. The van der Waals surface area contributed by atoms with Crippen molar-refractivity contribution in [1.82, 2.24) is 5.32 Å². The summed E-state index contributed by atoms with van der Waals surface area (Å²) in [5, 5.41) is 2.88. The molecule has 0 saturated heterocycles. The summed E-state index contributed by atoms with van der Waals surface area (Å²) in [7, 11) is 1.35. The molecule has 1 unspecified atom stereocenters. The van der Waals surface area contributed by atoms with Gasteiger partial charge in [0.2, 0.25) is 5.91 Å². The van der Waals surface area contributed by atoms with Crippen LogP contribution in [0.5, 0.6) is 0 Å². The van der Waals surface area contributed by atoms with Crippen molar-refractivity contribution in [3.05, 3.63) is 0 Å². The summed E-state index contributed by atoms with van der Waals surface area (Å²) >= 11 is 0. The maximum Gasteiger partial charge on any atom is 0.331 e. The second kappa shape index (κ2) is 9.36. The first-order valence-corrected chi connectivity index (χ1v) is 8.01. The van der Waals surface area contributed by atoms with E-state index in [9.17, 15) is 9.59 Å². The van der Waals surface area contributed by atoms with E-state index >= 15 is 0 Å². The summed E-state index contributed by atoms with van der Waals surface area (Å²) in [6.45, 7) is 4.25. The second-order valence-corrected chi connectivity index (χ2v) is 6.56. The SMILES string of the molecule is CCCC(C)(NC(=O)CC1(CN)CCCCC1)C(=O)OC.Cl. The Morgan fingerprint density at radius 1 is 1.27 bits per heavy atom. The number of carbonyl (C=O) groups is 2. The molecule has 1 rings (SSSR count). The molecule has 6 heteroatoms. The predicted octanol–water partition coefficient (Wildman–Crippen LogP) is 2.56. The molecule has 0 spiro atoms. The van der Waals surface area contributed by atoms with Crippen LogP contribution in [0.2, 0.25) is 0 Å². The van der Waals surface area contributed by atoms with E-state index in [0.29, 0.717) is 19.4 Å². The Bertz CT molecular complexity index is 370. The van der Waals surface area contributed by atoms with Crippen LogP contribution in [-0.2, 0) is 14.3 Å². The van der Waals surface area contributed by atoms with Crippen LogP contribution in [0.25, 0.3) is 0 Å². The summed E-state index contributed by atoms with van der Waals surface area (Å²) in [5.74, 6) is -0.480. The number of amides is 1. The molecule has 0 bridgehead atoms. The fraction of sp³-hybridized carbons (Fsp3) is 0.875. The van der Waals surface area contributed by atoms with Crippen molar-refractivity contribution in [3.63, 3.8) is 0 Å². The summed E-state index contributed by atoms with van der Waals surface area (Å²) in [5.41, 5.74) is 4.89. The molecular weight excluding hydrogens is 304 g/mol. The standard InChI is InChI=1S/C16H30N2O3.ClH/c1-4-8-15(2,14(20)21-3)18-13(19)11-16(12-17)9-6-5-7-10-16;/h4-12,17H2,1-3H3,(H,18,19);1H. The predicted molar refractivity (Wildman–Crippen MR) is 89.9 cm³/mol. The fourth-order valence-corrected chi connectivity index (χ4v) is 3.39. The van der Waals surface area contributed by atoms with Crippen molar-refractivity contribution >= 4 is 24.3 Å². The Labute approximate surface area is 140 Å². The molecule has 1 fully saturated rings. The zero-order valence-electron chi connectivity index (χ0n) is 14.1. The fourth-order valence-electron chi connectivity index (χ4n) is 3.39. The Morgan fingerprint density at radius 2 is 1.86 bits per heavy atom. The molecule has 130 valence electrons. The highest BCUT2D eigenvalue weighted by molar-refractivity contribution is 5.87. The highest BCUT2D eigenvalue weighted by Gasteiger charge is 2.38. The van der Waals surface area contributed by atoms with Crippen LogP contribution in [0.4, 0.5) is 0 Å². The lowest BCUT2D eigenvalue weighted by molar-refractivity contribution is -0.151. The number of nitrogens with two attached hydrogens (primary N) is 1. The van der Waals surface area contributed by atoms with Gasteiger partial charge in [0.05, 0.1) is 7.11 Å². The molecule has 5 nitrogen and oxygen atoms in total. The van der Waals surface area contributed by atoms with Crippen LogP contribution in [0.15, 0.2) is 0 Å². The van der Waals surface area contributed by atoms with Gasteiger partial charge in [-0.05, 0) is 38.1 Å². The molecule has 22 heavy (non-hydrogen) atoms. The molecule has 0 aromatic carbocycles. The van der Waals surface area contributed by atoms with E-state index in [1.54, 1.807) is 6.92 Å². The molecule has 1 aliphatic rings. The van der Waals surface area contributed by atoms with Crippen LogP contribution in [0.1, 0.15) is 65.2 Å². The number of hydrogen-bond donors (Lipinski definition) is 2. The van der Waals surface area contributed by atoms with Crippen molar-refractivity contribution in [1.29, 1.82) is 0 Å². The molecule has 3 N–H and O–H groups in total. The van der Waals surface area contributed by atoms with Gasteiger partial charge < -0.3 is 15.8 Å². The van der Waals surface area contributed by atoms with Crippen molar-refractivity contribution in [3.8, 4) is 0 Å². The molecule has 0 aromatic rings. The number of rotatable bonds is 7. The number of halogens is 1. The number of nitrogens with one attached hydrogen (secondary N) is 1. The monoisotopic (exact) mass is 334 g/mol. The van der Waals surface area contributed by atoms with Crippen molar-refractivity contribution in [2.24, 2.45) is 11.1 Å². The second-order valence-electron chi connectivity index (χ2n) is 6.56. The molecule has 1 amide bonds. The number of esters is 1. The van der Waals surface area contributed by atoms with Gasteiger partial charge >= 0.3 is 5.97 Å². The van der Waals surface area contributed by atoms with Crippen LogP contribution >= 0.6 is 12.4 Å². The number of hydrogen-bond acceptors (Lipinski definition) is 4. The Kier molecular flexibility index (Phi) is 9.01. The summed E-state index contributed by atoms with van der Waals surface area (Å²) < 4.78 is 4.83. The van der Waals surface area contributed by atoms with Gasteiger partial charge in [0, 0.05) is 6.42 Å². The van der Waals surface area contributed by atoms with Crippen molar-refractivity contribution < 1.29 is 14.3 Å². The van der Waals surface area contributed by atoms with Gasteiger partial charge in [-0.1, -0.05) is 32.6 Å². The summed E-state index contributed by atoms with van der Waals surface area (Å²) in [6, 6.07) is 0. The molecule has 1 atom stereocenters. The van der Waals surface area contributed by atoms with E-state index in [1.165, 1.54) is 13.5 Å². The van der Waals surface area contributed by atoms with E-state index in [-0.39, 0.29) is 29.7 Å². The van der Waals surface area contributed by atoms with Crippen LogP contribution in [-0.4, -0.2) is 31.1 Å². The molecule has 0 radical (unpaired) electrons. The maximum absolute atomic E-state index is 12.4. The third kappa shape index (κ3) is 5.43. The van der Waals surface area contributed by atoms with Gasteiger partial charge in [0.15, 0.2) is 0 Å². The lowest BCUT2D eigenvalue weighted by atomic mass is 9.71. The Balaban J connectivity index is 0.00000441. The molecule has 1 saturated carbocycles. The number of carbonyl (C=O) groups excluding carboxylic acids is 2. The Morgan fingerprint density at radius 3 is 2.32 bits per heavy atom. The smallest absolute Gasteiger partial charge is 0.331 e. The quantitative estimate of drug-likeness (QED) is 0.701. The van der Waals surface area contributed by atoms with Crippen molar-refractivity contribution in [2.45, 2.75) is 70.8 Å². The minimum Gasteiger partial charge on any atom is -0.467 e. The highest BCUT2D eigenvalue weighted by Crippen LogP contribution is 2.38. The molecule has 0 aliphatic heterocycles. The van der Waals surface area contributed by atoms with Crippen molar-refractivity contribution in [2.75, 3.05) is 13.7 Å². The van der Waals surface area contributed by atoms with Gasteiger partial charge in [-0.2, -0.15) is 0 Å². The van der Waals surface area contributed by atoms with E-state index in [4.69, 9.17) is 10.5 Å². The van der Waals surface area contributed by atoms with Gasteiger partial charge in [-0.3, -0.25) is 4.79 Å². The minimum atomic E-state index is -0.939. The number of ether oxygens (including phenoxy) is 1. The first-order chi connectivity index (χ1) is 9.91.